The molecule has 0 aliphatic heterocycles. The largest absolute Gasteiger partial charge is 0.360 e. The van der Waals surface area contributed by atoms with Crippen LogP contribution in [0.1, 0.15) is 10.4 Å². The highest BCUT2D eigenvalue weighted by Gasteiger charge is 2.17. The van der Waals surface area contributed by atoms with Crippen LogP contribution in [-0.4, -0.2) is 20.3 Å². The Kier molecular flexibility index (Phi) is 4.41. The Bertz CT molecular complexity index is 1430. The second-order valence-electron chi connectivity index (χ2n) is 6.69. The summed E-state index contributed by atoms with van der Waals surface area (Å²) in [6, 6.07) is 15.4. The number of hydrogen-bond donors (Lipinski definition) is 1. The van der Waals surface area contributed by atoms with Crippen molar-refractivity contribution in [1.82, 2.24) is 14.5 Å². The molecule has 0 saturated heterocycles. The second-order valence-corrected chi connectivity index (χ2v) is 8.46. The first-order valence-corrected chi connectivity index (χ1v) is 10.6. The molecule has 7 heteroatoms. The minimum Gasteiger partial charge on any atom is -0.360 e. The number of carbonyl (C=O) groups is 1. The van der Waals surface area contributed by atoms with Gasteiger partial charge in [-0.3, -0.25) is 14.2 Å². The number of halogens is 1. The molecule has 29 heavy (non-hydrogen) atoms. The van der Waals surface area contributed by atoms with Crippen LogP contribution >= 0.6 is 27.3 Å². The molecule has 3 aromatic heterocycles. The van der Waals surface area contributed by atoms with Crippen molar-refractivity contribution in [3.8, 4) is 11.1 Å². The fourth-order valence-electron chi connectivity index (χ4n) is 3.46. The average molecular weight is 464 g/mol. The Hall–Kier alpha value is -3.03. The number of para-hydroxylation sites is 1. The minimum absolute atomic E-state index is 0.0563. The SMILES string of the molecule is O=C(Cn1cnc2scc(-c3ccc(Br)cc3)c2c1=O)c1c[nH]c2ccccc12. The molecule has 0 amide bonds. The predicted octanol–water partition coefficient (Wildman–Crippen LogP) is 5.25. The van der Waals surface area contributed by atoms with E-state index in [2.05, 4.69) is 25.9 Å². The normalized spacial score (nSPS) is 11.3. The molecular weight excluding hydrogens is 450 g/mol. The lowest BCUT2D eigenvalue weighted by atomic mass is 10.1. The molecule has 5 rings (SSSR count). The van der Waals surface area contributed by atoms with E-state index in [1.165, 1.54) is 22.2 Å². The van der Waals surface area contributed by atoms with Gasteiger partial charge in [-0.05, 0) is 23.8 Å². The van der Waals surface area contributed by atoms with Crippen molar-refractivity contribution in [3.63, 3.8) is 0 Å². The molecule has 0 aliphatic rings. The third kappa shape index (κ3) is 3.12. The van der Waals surface area contributed by atoms with Crippen LogP contribution in [0.25, 0.3) is 32.2 Å². The van der Waals surface area contributed by atoms with Crippen LogP contribution in [-0.2, 0) is 6.54 Å². The van der Waals surface area contributed by atoms with Crippen LogP contribution in [0.2, 0.25) is 0 Å². The lowest BCUT2D eigenvalue weighted by Gasteiger charge is -2.06. The Balaban J connectivity index is 1.56. The Morgan fingerprint density at radius 3 is 2.76 bits per heavy atom. The highest BCUT2D eigenvalue weighted by molar-refractivity contribution is 9.10. The molecule has 0 atom stereocenters. The number of H-pyrrole nitrogens is 1. The van der Waals surface area contributed by atoms with Crippen molar-refractivity contribution < 1.29 is 4.79 Å². The van der Waals surface area contributed by atoms with Crippen LogP contribution in [0, 0.1) is 0 Å². The monoisotopic (exact) mass is 463 g/mol. The summed E-state index contributed by atoms with van der Waals surface area (Å²) in [5, 5.41) is 3.34. The molecule has 0 bridgehead atoms. The molecule has 0 spiro atoms. The zero-order valence-electron chi connectivity index (χ0n) is 15.1. The molecule has 0 fully saturated rings. The van der Waals surface area contributed by atoms with E-state index >= 15 is 0 Å². The minimum atomic E-state index is -0.206. The molecule has 1 N–H and O–H groups in total. The summed E-state index contributed by atoms with van der Waals surface area (Å²) in [7, 11) is 0. The number of carbonyl (C=O) groups excluding carboxylic acids is 1. The molecular formula is C22H14BrN3O2S. The highest BCUT2D eigenvalue weighted by atomic mass is 79.9. The van der Waals surface area contributed by atoms with Crippen molar-refractivity contribution in [3.05, 3.63) is 86.8 Å². The van der Waals surface area contributed by atoms with E-state index in [9.17, 15) is 9.59 Å². The van der Waals surface area contributed by atoms with Crippen LogP contribution in [0.4, 0.5) is 0 Å². The first-order valence-electron chi connectivity index (χ1n) is 8.94. The molecule has 0 radical (unpaired) electrons. The van der Waals surface area contributed by atoms with Gasteiger partial charge in [-0.2, -0.15) is 0 Å². The van der Waals surface area contributed by atoms with Crippen molar-refractivity contribution >= 4 is 54.2 Å². The number of nitrogens with zero attached hydrogens (tertiary/aromatic N) is 2. The predicted molar refractivity (Wildman–Crippen MR) is 120 cm³/mol. The van der Waals surface area contributed by atoms with Crippen molar-refractivity contribution in [2.75, 3.05) is 0 Å². The van der Waals surface area contributed by atoms with Gasteiger partial charge in [-0.1, -0.05) is 46.3 Å². The van der Waals surface area contributed by atoms with Crippen LogP contribution < -0.4 is 5.56 Å². The van der Waals surface area contributed by atoms with E-state index < -0.39 is 0 Å². The van der Waals surface area contributed by atoms with Crippen LogP contribution in [0.3, 0.4) is 0 Å². The van der Waals surface area contributed by atoms with E-state index in [0.29, 0.717) is 15.8 Å². The maximum absolute atomic E-state index is 13.2. The van der Waals surface area contributed by atoms with E-state index in [-0.39, 0.29) is 17.9 Å². The molecule has 2 aromatic carbocycles. The molecule has 142 valence electrons. The highest BCUT2D eigenvalue weighted by Crippen LogP contribution is 2.31. The zero-order chi connectivity index (χ0) is 20.0. The van der Waals surface area contributed by atoms with Gasteiger partial charge in [-0.15, -0.1) is 11.3 Å². The third-order valence-corrected chi connectivity index (χ3v) is 6.33. The fourth-order valence-corrected chi connectivity index (χ4v) is 4.64. The number of rotatable bonds is 4. The smallest absolute Gasteiger partial charge is 0.263 e. The molecule has 0 unspecified atom stereocenters. The molecule has 5 aromatic rings. The average Bonchev–Trinajstić information content (AvgIpc) is 3.35. The lowest BCUT2D eigenvalue weighted by Crippen LogP contribution is -2.24. The van der Waals surface area contributed by atoms with Crippen molar-refractivity contribution in [2.24, 2.45) is 0 Å². The first-order chi connectivity index (χ1) is 14.1. The summed E-state index contributed by atoms with van der Waals surface area (Å²) < 4.78 is 2.36. The fraction of sp³-hybridized carbons (Fsp3) is 0.0455. The number of aromatic amines is 1. The number of benzene rings is 2. The van der Waals surface area contributed by atoms with Crippen LogP contribution in [0.5, 0.6) is 0 Å². The standard InChI is InChI=1S/C22H14BrN3O2S/c23-14-7-5-13(6-8-14)17-11-29-21-20(17)22(28)26(12-25-21)10-19(27)16-9-24-18-4-2-1-3-15(16)18/h1-9,11-12,24H,10H2. The van der Waals surface area contributed by atoms with Gasteiger partial charge < -0.3 is 4.98 Å². The Morgan fingerprint density at radius 1 is 1.14 bits per heavy atom. The topological polar surface area (TPSA) is 67.8 Å². The quantitative estimate of drug-likeness (QED) is 0.370. The summed E-state index contributed by atoms with van der Waals surface area (Å²) in [5.41, 5.74) is 3.04. The number of nitrogens with one attached hydrogen (secondary N) is 1. The summed E-state index contributed by atoms with van der Waals surface area (Å²) in [6.07, 6.45) is 3.15. The van der Waals surface area contributed by atoms with Crippen LogP contribution in [0.15, 0.2) is 75.7 Å². The summed E-state index contributed by atoms with van der Waals surface area (Å²) >= 11 is 4.86. The van der Waals surface area contributed by atoms with Gasteiger partial charge in [0.2, 0.25) is 0 Å². The van der Waals surface area contributed by atoms with Crippen molar-refractivity contribution in [2.45, 2.75) is 6.54 Å². The van der Waals surface area contributed by atoms with Gasteiger partial charge in [-0.25, -0.2) is 4.98 Å². The van der Waals surface area contributed by atoms with E-state index in [1.54, 1.807) is 6.20 Å². The molecule has 3 heterocycles. The Morgan fingerprint density at radius 2 is 1.93 bits per heavy atom. The maximum atomic E-state index is 13.2. The summed E-state index contributed by atoms with van der Waals surface area (Å²) in [5.74, 6) is -0.133. The number of hydrogen-bond acceptors (Lipinski definition) is 4. The number of Topliss-reactive ketones (excluding diaryl/α,β-unsaturated/α-hetero) is 1. The van der Waals surface area contributed by atoms with Gasteiger partial charge >= 0.3 is 0 Å². The van der Waals surface area contributed by atoms with Gasteiger partial charge in [0.15, 0.2) is 5.78 Å². The molecule has 0 aliphatic carbocycles. The van der Waals surface area contributed by atoms with Gasteiger partial charge in [0.05, 0.1) is 18.3 Å². The Labute approximate surface area is 177 Å². The van der Waals surface area contributed by atoms with Crippen molar-refractivity contribution in [1.29, 1.82) is 0 Å². The molecule has 0 saturated carbocycles. The maximum Gasteiger partial charge on any atom is 0.263 e. The molecule has 5 nitrogen and oxygen atoms in total. The summed E-state index contributed by atoms with van der Waals surface area (Å²) in [4.78, 5) is 34.3. The third-order valence-electron chi connectivity index (χ3n) is 4.92. The number of ketones is 1. The number of aromatic nitrogens is 3. The van der Waals surface area contributed by atoms with Gasteiger partial charge in [0.25, 0.3) is 5.56 Å². The van der Waals surface area contributed by atoms with E-state index in [0.717, 1.165) is 26.5 Å². The number of fused-ring (bicyclic) bond motifs is 2. The first kappa shape index (κ1) is 18.0. The second kappa shape index (κ2) is 7.09. The lowest BCUT2D eigenvalue weighted by molar-refractivity contribution is 0.0972. The van der Waals surface area contributed by atoms with E-state index in [1.807, 2.05) is 53.9 Å². The van der Waals surface area contributed by atoms with E-state index in [4.69, 9.17) is 0 Å². The number of thiophene rings is 1. The van der Waals surface area contributed by atoms with Gasteiger partial charge in [0.1, 0.15) is 4.83 Å². The zero-order valence-corrected chi connectivity index (χ0v) is 17.5. The summed E-state index contributed by atoms with van der Waals surface area (Å²) in [6.45, 7) is -0.0563. The van der Waals surface area contributed by atoms with Gasteiger partial charge in [0, 0.05) is 38.1 Å².